The van der Waals surface area contributed by atoms with Crippen molar-refractivity contribution in [3.05, 3.63) is 28.2 Å². The Labute approximate surface area is 166 Å². The number of carbonyl (C=O) groups excluding carboxylic acids is 1. The van der Waals surface area contributed by atoms with Crippen molar-refractivity contribution in [2.24, 2.45) is 5.10 Å². The normalized spacial score (nSPS) is 11.2. The van der Waals surface area contributed by atoms with Gasteiger partial charge in [-0.1, -0.05) is 87.1 Å². The summed E-state index contributed by atoms with van der Waals surface area (Å²) >= 11 is 3.34. The van der Waals surface area contributed by atoms with E-state index in [1.165, 1.54) is 64.0 Å². The third kappa shape index (κ3) is 11.3. The molecule has 5 heteroatoms. The van der Waals surface area contributed by atoms with E-state index < -0.39 is 0 Å². The second-order valence-corrected chi connectivity index (χ2v) is 7.70. The Kier molecular flexibility index (Phi) is 12.9. The van der Waals surface area contributed by atoms with Crippen LogP contribution < -0.4 is 5.43 Å². The average molecular weight is 425 g/mol. The molecule has 0 radical (unpaired) electrons. The number of unbranched alkanes of at least 4 members (excludes halogenated alkanes) is 10. The summed E-state index contributed by atoms with van der Waals surface area (Å²) in [7, 11) is 0. The number of aromatic hydroxyl groups is 1. The number of carbonyl (C=O) groups is 1. The molecule has 0 aliphatic rings. The molecule has 0 unspecified atom stereocenters. The summed E-state index contributed by atoms with van der Waals surface area (Å²) in [6.45, 7) is 2.25. The fourth-order valence-electron chi connectivity index (χ4n) is 2.81. The number of nitrogens with one attached hydrogen (secondary N) is 1. The van der Waals surface area contributed by atoms with Gasteiger partial charge in [-0.05, 0) is 24.6 Å². The van der Waals surface area contributed by atoms with Crippen LogP contribution in [0.25, 0.3) is 0 Å². The van der Waals surface area contributed by atoms with Gasteiger partial charge in [-0.25, -0.2) is 5.43 Å². The van der Waals surface area contributed by atoms with Crippen molar-refractivity contribution in [3.63, 3.8) is 0 Å². The molecule has 1 rings (SSSR count). The van der Waals surface area contributed by atoms with Crippen LogP contribution in [0, 0.1) is 0 Å². The van der Waals surface area contributed by atoms with Crippen molar-refractivity contribution in [2.45, 2.75) is 84.0 Å². The minimum absolute atomic E-state index is 0.0772. The van der Waals surface area contributed by atoms with Crippen molar-refractivity contribution in [2.75, 3.05) is 0 Å². The number of nitrogens with zero attached hydrogens (tertiary/aromatic N) is 1. The summed E-state index contributed by atoms with van der Waals surface area (Å²) in [6, 6.07) is 5.07. The summed E-state index contributed by atoms with van der Waals surface area (Å²) in [4.78, 5) is 11.7. The van der Waals surface area contributed by atoms with Crippen LogP contribution in [-0.4, -0.2) is 17.2 Å². The number of amides is 1. The lowest BCUT2D eigenvalue weighted by Gasteiger charge is -2.03. The molecule has 1 aromatic rings. The summed E-state index contributed by atoms with van der Waals surface area (Å²) in [5.74, 6) is 0.0585. The zero-order valence-electron chi connectivity index (χ0n) is 16.0. The Morgan fingerprint density at radius 1 is 1.04 bits per heavy atom. The Balaban J connectivity index is 2.00. The maximum atomic E-state index is 11.7. The van der Waals surface area contributed by atoms with Gasteiger partial charge >= 0.3 is 0 Å². The molecule has 1 aromatic carbocycles. The van der Waals surface area contributed by atoms with Crippen molar-refractivity contribution < 1.29 is 9.90 Å². The first kappa shape index (κ1) is 22.7. The van der Waals surface area contributed by atoms with Crippen molar-refractivity contribution >= 4 is 28.1 Å². The minimum atomic E-state index is -0.0772. The highest BCUT2D eigenvalue weighted by molar-refractivity contribution is 9.10. The molecule has 2 N–H and O–H groups in total. The summed E-state index contributed by atoms with van der Waals surface area (Å²) < 4.78 is 0.851. The van der Waals surface area contributed by atoms with Crippen LogP contribution in [0.5, 0.6) is 5.75 Å². The zero-order valence-corrected chi connectivity index (χ0v) is 17.6. The van der Waals surface area contributed by atoms with Crippen molar-refractivity contribution in [1.29, 1.82) is 0 Å². The average Bonchev–Trinajstić information content (AvgIpc) is 2.62. The lowest BCUT2D eigenvalue weighted by Crippen LogP contribution is -2.16. The molecule has 0 fully saturated rings. The van der Waals surface area contributed by atoms with Gasteiger partial charge in [-0.2, -0.15) is 5.10 Å². The number of benzene rings is 1. The maximum absolute atomic E-state index is 11.7. The second kappa shape index (κ2) is 14.8. The molecule has 1 amide bonds. The van der Waals surface area contributed by atoms with Crippen LogP contribution in [0.1, 0.15) is 89.5 Å². The van der Waals surface area contributed by atoms with Gasteiger partial charge in [0.25, 0.3) is 0 Å². The molecule has 0 spiro atoms. The molecular weight excluding hydrogens is 392 g/mol. The van der Waals surface area contributed by atoms with Gasteiger partial charge in [0.2, 0.25) is 5.91 Å². The molecule has 0 atom stereocenters. The molecule has 0 heterocycles. The highest BCUT2D eigenvalue weighted by atomic mass is 79.9. The van der Waals surface area contributed by atoms with Gasteiger partial charge in [0, 0.05) is 16.5 Å². The Morgan fingerprint density at radius 2 is 1.62 bits per heavy atom. The first-order chi connectivity index (χ1) is 12.6. The molecule has 0 aromatic heterocycles. The summed E-state index contributed by atoms with van der Waals surface area (Å²) in [6.07, 6.45) is 15.9. The lowest BCUT2D eigenvalue weighted by atomic mass is 10.1. The lowest BCUT2D eigenvalue weighted by molar-refractivity contribution is -0.121. The van der Waals surface area contributed by atoms with E-state index in [1.807, 2.05) is 0 Å². The molecule has 26 heavy (non-hydrogen) atoms. The van der Waals surface area contributed by atoms with Gasteiger partial charge in [0.15, 0.2) is 0 Å². The number of phenols is 1. The van der Waals surface area contributed by atoms with E-state index in [0.717, 1.165) is 17.3 Å². The van der Waals surface area contributed by atoms with Gasteiger partial charge in [-0.15, -0.1) is 0 Å². The van der Waals surface area contributed by atoms with Crippen LogP contribution in [0.2, 0.25) is 0 Å². The van der Waals surface area contributed by atoms with E-state index in [4.69, 9.17) is 0 Å². The van der Waals surface area contributed by atoms with Crippen LogP contribution in [0.3, 0.4) is 0 Å². The van der Waals surface area contributed by atoms with Crippen molar-refractivity contribution in [1.82, 2.24) is 5.43 Å². The summed E-state index contributed by atoms with van der Waals surface area (Å²) in [5, 5.41) is 13.6. The Morgan fingerprint density at radius 3 is 2.23 bits per heavy atom. The predicted octanol–water partition coefficient (Wildman–Crippen LogP) is 6.31. The molecule has 0 saturated carbocycles. The SMILES string of the molecule is CCCCCCCCCCCCCC(=O)N/N=C\c1cc(Br)ccc1O. The standard InChI is InChI=1S/C21H33BrN2O2/c1-2-3-4-5-6-7-8-9-10-11-12-13-21(26)24-23-17-18-16-19(22)14-15-20(18)25/h14-17,25H,2-13H2,1H3,(H,24,26)/b23-17-. The Bertz CT molecular complexity index is 547. The maximum Gasteiger partial charge on any atom is 0.240 e. The number of phenolic OH excluding ortho intramolecular Hbond substituents is 1. The van der Waals surface area contributed by atoms with E-state index in [9.17, 15) is 9.90 Å². The summed E-state index contributed by atoms with van der Waals surface area (Å²) in [5.41, 5.74) is 3.08. The van der Waals surface area contributed by atoms with Gasteiger partial charge in [0.1, 0.15) is 5.75 Å². The topological polar surface area (TPSA) is 61.7 Å². The number of hydrazone groups is 1. The molecule has 0 aliphatic carbocycles. The predicted molar refractivity (Wildman–Crippen MR) is 113 cm³/mol. The molecule has 146 valence electrons. The Hall–Kier alpha value is -1.36. The fourth-order valence-corrected chi connectivity index (χ4v) is 3.19. The van der Waals surface area contributed by atoms with Gasteiger partial charge < -0.3 is 5.11 Å². The van der Waals surface area contributed by atoms with Crippen molar-refractivity contribution in [3.8, 4) is 5.75 Å². The highest BCUT2D eigenvalue weighted by Crippen LogP contribution is 2.20. The number of halogens is 1. The monoisotopic (exact) mass is 424 g/mol. The molecule has 4 nitrogen and oxygen atoms in total. The zero-order chi connectivity index (χ0) is 19.0. The first-order valence-corrected chi connectivity index (χ1v) is 10.7. The van der Waals surface area contributed by atoms with E-state index in [2.05, 4.69) is 33.4 Å². The van der Waals surface area contributed by atoms with E-state index in [1.54, 1.807) is 18.2 Å². The molecule has 0 saturated heterocycles. The van der Waals surface area contributed by atoms with E-state index in [-0.39, 0.29) is 11.7 Å². The molecular formula is C21H33BrN2O2. The quantitative estimate of drug-likeness (QED) is 0.209. The second-order valence-electron chi connectivity index (χ2n) is 6.78. The van der Waals surface area contributed by atoms with E-state index in [0.29, 0.717) is 12.0 Å². The molecule has 0 bridgehead atoms. The fraction of sp³-hybridized carbons (Fsp3) is 0.619. The highest BCUT2D eigenvalue weighted by Gasteiger charge is 2.01. The van der Waals surface area contributed by atoms with Crippen LogP contribution in [0.15, 0.2) is 27.8 Å². The number of rotatable bonds is 14. The first-order valence-electron chi connectivity index (χ1n) is 9.94. The van der Waals surface area contributed by atoms with Crippen LogP contribution in [0.4, 0.5) is 0 Å². The van der Waals surface area contributed by atoms with Gasteiger partial charge in [0.05, 0.1) is 6.21 Å². The molecule has 0 aliphatic heterocycles. The minimum Gasteiger partial charge on any atom is -0.507 e. The third-order valence-electron chi connectivity index (χ3n) is 4.39. The number of hydrogen-bond donors (Lipinski definition) is 2. The van der Waals surface area contributed by atoms with E-state index >= 15 is 0 Å². The smallest absolute Gasteiger partial charge is 0.240 e. The van der Waals surface area contributed by atoms with Crippen LogP contribution in [-0.2, 0) is 4.79 Å². The third-order valence-corrected chi connectivity index (χ3v) is 4.88. The van der Waals surface area contributed by atoms with Crippen LogP contribution >= 0.6 is 15.9 Å². The largest absolute Gasteiger partial charge is 0.507 e. The van der Waals surface area contributed by atoms with Gasteiger partial charge in [-0.3, -0.25) is 4.79 Å². The number of hydrogen-bond acceptors (Lipinski definition) is 3.